The van der Waals surface area contributed by atoms with Gasteiger partial charge in [0.15, 0.2) is 4.80 Å². The molecule has 0 aliphatic rings. The monoisotopic (exact) mass is 334 g/mol. The predicted octanol–water partition coefficient (Wildman–Crippen LogP) is 3.06. The minimum atomic E-state index is -0.355. The summed E-state index contributed by atoms with van der Waals surface area (Å²) in [7, 11) is 1.36. The summed E-state index contributed by atoms with van der Waals surface area (Å²) in [4.78, 5) is 28.4. The van der Waals surface area contributed by atoms with E-state index in [9.17, 15) is 9.59 Å². The van der Waals surface area contributed by atoms with Crippen LogP contribution in [-0.2, 0) is 27.3 Å². The zero-order chi connectivity index (χ0) is 16.8. The fourth-order valence-corrected chi connectivity index (χ4v) is 3.37. The largest absolute Gasteiger partial charge is 0.468 e. The number of methoxy groups -OCH3 is 1. The van der Waals surface area contributed by atoms with E-state index in [0.29, 0.717) is 11.2 Å². The number of carbonyl (C=O) groups is 2. The molecule has 0 spiro atoms. The van der Waals surface area contributed by atoms with E-state index < -0.39 is 0 Å². The summed E-state index contributed by atoms with van der Waals surface area (Å²) in [6, 6.07) is 6.10. The SMILES string of the molecule is CCCCC(=O)N=c1sc2cc(CC)ccc2n1CC(=O)OC. The molecule has 5 nitrogen and oxygen atoms in total. The lowest BCUT2D eigenvalue weighted by Crippen LogP contribution is -2.22. The highest BCUT2D eigenvalue weighted by Gasteiger charge is 2.12. The number of hydrogen-bond acceptors (Lipinski definition) is 4. The number of nitrogens with zero attached hydrogens (tertiary/aromatic N) is 2. The van der Waals surface area contributed by atoms with Crippen LogP contribution in [0.25, 0.3) is 10.2 Å². The Kier molecular flexibility index (Phi) is 6.10. The topological polar surface area (TPSA) is 60.7 Å². The van der Waals surface area contributed by atoms with Gasteiger partial charge in [-0.25, -0.2) is 0 Å². The van der Waals surface area contributed by atoms with Crippen LogP contribution in [0.3, 0.4) is 0 Å². The lowest BCUT2D eigenvalue weighted by atomic mass is 10.2. The fraction of sp³-hybridized carbons (Fsp3) is 0.471. The fourth-order valence-electron chi connectivity index (χ4n) is 2.26. The molecule has 2 rings (SSSR count). The van der Waals surface area contributed by atoms with Crippen molar-refractivity contribution in [3.63, 3.8) is 0 Å². The second-order valence-corrected chi connectivity index (χ2v) is 6.32. The standard InChI is InChI=1S/C17H22N2O3S/c1-4-6-7-15(20)18-17-19(11-16(21)22-3)13-9-8-12(5-2)10-14(13)23-17/h8-10H,4-7,11H2,1-3H3. The Morgan fingerprint density at radius 1 is 1.30 bits per heavy atom. The molecule has 1 amide bonds. The van der Waals surface area contributed by atoms with Crippen molar-refractivity contribution in [1.82, 2.24) is 4.57 Å². The van der Waals surface area contributed by atoms with Gasteiger partial charge < -0.3 is 9.30 Å². The molecule has 23 heavy (non-hydrogen) atoms. The highest BCUT2D eigenvalue weighted by atomic mass is 32.1. The van der Waals surface area contributed by atoms with Crippen molar-refractivity contribution in [2.45, 2.75) is 46.1 Å². The first-order chi connectivity index (χ1) is 11.1. The summed E-state index contributed by atoms with van der Waals surface area (Å²) < 4.78 is 7.54. The normalized spacial score (nSPS) is 11.9. The second kappa shape index (κ2) is 8.06. The quantitative estimate of drug-likeness (QED) is 0.763. The number of unbranched alkanes of at least 4 members (excludes halogenated alkanes) is 1. The van der Waals surface area contributed by atoms with Crippen LogP contribution in [0.15, 0.2) is 23.2 Å². The van der Waals surface area contributed by atoms with Gasteiger partial charge in [0, 0.05) is 6.42 Å². The van der Waals surface area contributed by atoms with E-state index in [4.69, 9.17) is 4.74 Å². The van der Waals surface area contributed by atoms with Crippen LogP contribution in [0.1, 0.15) is 38.7 Å². The molecule has 124 valence electrons. The molecule has 0 saturated heterocycles. The Morgan fingerprint density at radius 2 is 2.09 bits per heavy atom. The maximum absolute atomic E-state index is 12.0. The highest BCUT2D eigenvalue weighted by Crippen LogP contribution is 2.20. The molecular formula is C17H22N2O3S. The summed E-state index contributed by atoms with van der Waals surface area (Å²) in [6.07, 6.45) is 3.15. The van der Waals surface area contributed by atoms with Crippen molar-refractivity contribution in [3.05, 3.63) is 28.6 Å². The average molecular weight is 334 g/mol. The molecule has 0 atom stereocenters. The molecule has 0 bridgehead atoms. The Balaban J connectivity index is 2.52. The van der Waals surface area contributed by atoms with Crippen LogP contribution in [0.5, 0.6) is 0 Å². The minimum Gasteiger partial charge on any atom is -0.468 e. The van der Waals surface area contributed by atoms with Gasteiger partial charge >= 0.3 is 5.97 Å². The molecule has 0 saturated carbocycles. The van der Waals surface area contributed by atoms with Gasteiger partial charge in [-0.2, -0.15) is 4.99 Å². The van der Waals surface area contributed by atoms with E-state index in [-0.39, 0.29) is 18.4 Å². The van der Waals surface area contributed by atoms with Gasteiger partial charge in [-0.05, 0) is 30.5 Å². The van der Waals surface area contributed by atoms with Crippen molar-refractivity contribution in [2.24, 2.45) is 4.99 Å². The molecular weight excluding hydrogens is 312 g/mol. The van der Waals surface area contributed by atoms with Crippen LogP contribution in [-0.4, -0.2) is 23.6 Å². The molecule has 1 heterocycles. The van der Waals surface area contributed by atoms with Gasteiger partial charge in [-0.15, -0.1) is 0 Å². The van der Waals surface area contributed by atoms with Crippen molar-refractivity contribution >= 4 is 33.4 Å². The summed E-state index contributed by atoms with van der Waals surface area (Å²) in [6.45, 7) is 4.19. The van der Waals surface area contributed by atoms with Crippen molar-refractivity contribution < 1.29 is 14.3 Å². The number of aromatic nitrogens is 1. The van der Waals surface area contributed by atoms with Crippen molar-refractivity contribution in [1.29, 1.82) is 0 Å². The molecule has 1 aromatic carbocycles. The molecule has 6 heteroatoms. The molecule has 0 aliphatic carbocycles. The van der Waals surface area contributed by atoms with Gasteiger partial charge in [0.05, 0.1) is 17.3 Å². The van der Waals surface area contributed by atoms with Crippen LogP contribution < -0.4 is 4.80 Å². The number of amides is 1. The maximum atomic E-state index is 12.0. The molecule has 0 unspecified atom stereocenters. The number of rotatable bonds is 6. The number of esters is 1. The zero-order valence-corrected chi connectivity index (χ0v) is 14.6. The van der Waals surface area contributed by atoms with Gasteiger partial charge in [0.2, 0.25) is 5.91 Å². The Hall–Kier alpha value is -1.95. The lowest BCUT2D eigenvalue weighted by molar-refractivity contribution is -0.141. The zero-order valence-electron chi connectivity index (χ0n) is 13.8. The molecule has 0 N–H and O–H groups in total. The third-order valence-electron chi connectivity index (χ3n) is 3.63. The van der Waals surface area contributed by atoms with Crippen molar-refractivity contribution in [2.75, 3.05) is 7.11 Å². The first kappa shape index (κ1) is 17.4. The number of fused-ring (bicyclic) bond motifs is 1. The molecule has 0 radical (unpaired) electrons. The Bertz CT molecular complexity index is 774. The number of carbonyl (C=O) groups excluding carboxylic acids is 2. The number of aryl methyl sites for hydroxylation is 1. The van der Waals surface area contributed by atoms with E-state index in [2.05, 4.69) is 18.0 Å². The van der Waals surface area contributed by atoms with E-state index in [1.54, 1.807) is 4.57 Å². The average Bonchev–Trinajstić information content (AvgIpc) is 2.89. The van der Waals surface area contributed by atoms with Gasteiger partial charge in [-0.3, -0.25) is 9.59 Å². The Morgan fingerprint density at radius 3 is 2.74 bits per heavy atom. The van der Waals surface area contributed by atoms with E-state index in [1.165, 1.54) is 24.0 Å². The van der Waals surface area contributed by atoms with Crippen LogP contribution in [0, 0.1) is 0 Å². The molecule has 1 aromatic heterocycles. The van der Waals surface area contributed by atoms with Crippen LogP contribution >= 0.6 is 11.3 Å². The first-order valence-corrected chi connectivity index (χ1v) is 8.67. The summed E-state index contributed by atoms with van der Waals surface area (Å²) >= 11 is 1.44. The molecule has 0 aliphatic heterocycles. The number of thiazole rings is 1. The second-order valence-electron chi connectivity index (χ2n) is 5.31. The highest BCUT2D eigenvalue weighted by molar-refractivity contribution is 7.16. The third kappa shape index (κ3) is 4.28. The van der Waals surface area contributed by atoms with Gasteiger partial charge in [0.25, 0.3) is 0 Å². The van der Waals surface area contributed by atoms with Crippen LogP contribution in [0.4, 0.5) is 0 Å². The van der Waals surface area contributed by atoms with Crippen LogP contribution in [0.2, 0.25) is 0 Å². The number of benzene rings is 1. The maximum Gasteiger partial charge on any atom is 0.325 e. The number of ether oxygens (including phenoxy) is 1. The van der Waals surface area contributed by atoms with Gasteiger partial charge in [0.1, 0.15) is 6.54 Å². The van der Waals surface area contributed by atoms with E-state index >= 15 is 0 Å². The van der Waals surface area contributed by atoms with Crippen molar-refractivity contribution in [3.8, 4) is 0 Å². The first-order valence-electron chi connectivity index (χ1n) is 7.85. The molecule has 0 fully saturated rings. The summed E-state index contributed by atoms with van der Waals surface area (Å²) in [5, 5.41) is 0. The third-order valence-corrected chi connectivity index (χ3v) is 4.68. The van der Waals surface area contributed by atoms with E-state index in [1.807, 2.05) is 19.1 Å². The van der Waals surface area contributed by atoms with Gasteiger partial charge in [-0.1, -0.05) is 37.7 Å². The predicted molar refractivity (Wildman–Crippen MR) is 91.3 cm³/mol. The Labute approximate surface area is 139 Å². The minimum absolute atomic E-state index is 0.0574. The summed E-state index contributed by atoms with van der Waals surface area (Å²) in [5.74, 6) is -0.500. The smallest absolute Gasteiger partial charge is 0.325 e. The molecule has 2 aromatic rings. The van der Waals surface area contributed by atoms with E-state index in [0.717, 1.165) is 29.5 Å². The number of hydrogen-bond donors (Lipinski definition) is 0. The lowest BCUT2D eigenvalue weighted by Gasteiger charge is -2.04. The summed E-state index contributed by atoms with van der Waals surface area (Å²) in [5.41, 5.74) is 2.12.